The minimum Gasteiger partial charge on any atom is -0.352 e. The Bertz CT molecular complexity index is 181. The zero-order valence-electron chi connectivity index (χ0n) is 7.31. The summed E-state index contributed by atoms with van der Waals surface area (Å²) in [6.45, 7) is 2.08. The van der Waals surface area contributed by atoms with Crippen molar-refractivity contribution in [3.05, 3.63) is 0 Å². The first-order valence-corrected chi connectivity index (χ1v) is 4.86. The molecular weight excluding hydrogens is 152 g/mol. The van der Waals surface area contributed by atoms with Gasteiger partial charge in [-0.15, -0.1) is 0 Å². The van der Waals surface area contributed by atoms with Crippen LogP contribution in [0.3, 0.4) is 0 Å². The SMILES string of the molecule is O=C1CC[C@@H]2CCCNC[C@H]2N1. The van der Waals surface area contributed by atoms with Crippen LogP contribution in [0.4, 0.5) is 0 Å². The number of piperidine rings is 1. The van der Waals surface area contributed by atoms with Gasteiger partial charge in [-0.1, -0.05) is 0 Å². The quantitative estimate of drug-likeness (QED) is 0.545. The van der Waals surface area contributed by atoms with E-state index in [0.29, 0.717) is 6.04 Å². The number of fused-ring (bicyclic) bond motifs is 1. The van der Waals surface area contributed by atoms with Gasteiger partial charge in [-0.05, 0) is 31.7 Å². The lowest BCUT2D eigenvalue weighted by Crippen LogP contribution is -2.48. The molecule has 2 aliphatic rings. The van der Waals surface area contributed by atoms with E-state index in [-0.39, 0.29) is 5.91 Å². The Labute approximate surface area is 72.9 Å². The first-order chi connectivity index (χ1) is 5.86. The fourth-order valence-electron chi connectivity index (χ4n) is 2.22. The van der Waals surface area contributed by atoms with Gasteiger partial charge < -0.3 is 10.6 Å². The van der Waals surface area contributed by atoms with Gasteiger partial charge in [0.1, 0.15) is 0 Å². The molecule has 2 saturated heterocycles. The van der Waals surface area contributed by atoms with Crippen LogP contribution in [0.15, 0.2) is 0 Å². The Hall–Kier alpha value is -0.570. The normalized spacial score (nSPS) is 36.5. The van der Waals surface area contributed by atoms with Gasteiger partial charge in [0.25, 0.3) is 0 Å². The van der Waals surface area contributed by atoms with E-state index in [0.717, 1.165) is 31.8 Å². The number of amides is 1. The molecule has 2 fully saturated rings. The van der Waals surface area contributed by atoms with Crippen molar-refractivity contribution >= 4 is 5.91 Å². The van der Waals surface area contributed by atoms with E-state index in [2.05, 4.69) is 10.6 Å². The summed E-state index contributed by atoms with van der Waals surface area (Å²) in [4.78, 5) is 11.1. The van der Waals surface area contributed by atoms with Gasteiger partial charge in [0.05, 0.1) is 0 Å². The van der Waals surface area contributed by atoms with Gasteiger partial charge in [0.2, 0.25) is 5.91 Å². The molecule has 0 aliphatic carbocycles. The van der Waals surface area contributed by atoms with Crippen LogP contribution in [0.5, 0.6) is 0 Å². The van der Waals surface area contributed by atoms with Crippen molar-refractivity contribution in [3.8, 4) is 0 Å². The van der Waals surface area contributed by atoms with E-state index in [9.17, 15) is 4.79 Å². The average Bonchev–Trinajstić information content (AvgIpc) is 2.28. The highest BCUT2D eigenvalue weighted by molar-refractivity contribution is 5.77. The molecule has 2 atom stereocenters. The van der Waals surface area contributed by atoms with Gasteiger partial charge in [-0.2, -0.15) is 0 Å². The molecule has 0 bridgehead atoms. The van der Waals surface area contributed by atoms with Crippen LogP contribution in [0.25, 0.3) is 0 Å². The zero-order chi connectivity index (χ0) is 8.39. The molecule has 1 amide bonds. The monoisotopic (exact) mass is 168 g/mol. The minimum absolute atomic E-state index is 0.236. The van der Waals surface area contributed by atoms with Crippen LogP contribution in [0, 0.1) is 5.92 Å². The summed E-state index contributed by atoms with van der Waals surface area (Å²) in [7, 11) is 0. The number of nitrogens with one attached hydrogen (secondary N) is 2. The molecule has 0 unspecified atom stereocenters. The highest BCUT2D eigenvalue weighted by Gasteiger charge is 2.28. The number of carbonyl (C=O) groups is 1. The third kappa shape index (κ3) is 1.61. The molecule has 12 heavy (non-hydrogen) atoms. The van der Waals surface area contributed by atoms with Crippen LogP contribution in [-0.2, 0) is 4.79 Å². The van der Waals surface area contributed by atoms with Crippen molar-refractivity contribution in [1.82, 2.24) is 10.6 Å². The highest BCUT2D eigenvalue weighted by Crippen LogP contribution is 2.23. The van der Waals surface area contributed by atoms with Crippen LogP contribution in [0.1, 0.15) is 25.7 Å². The Morgan fingerprint density at radius 2 is 2.25 bits per heavy atom. The van der Waals surface area contributed by atoms with Gasteiger partial charge >= 0.3 is 0 Å². The number of rotatable bonds is 0. The number of carbonyl (C=O) groups excluding carboxylic acids is 1. The lowest BCUT2D eigenvalue weighted by atomic mass is 9.88. The summed E-state index contributed by atoms with van der Waals surface area (Å²) in [6.07, 6.45) is 4.37. The Kier molecular flexibility index (Phi) is 2.30. The molecule has 0 spiro atoms. The third-order valence-corrected chi connectivity index (χ3v) is 2.95. The van der Waals surface area contributed by atoms with Gasteiger partial charge in [-0.3, -0.25) is 4.79 Å². The van der Waals surface area contributed by atoms with E-state index >= 15 is 0 Å². The number of hydrogen-bond acceptors (Lipinski definition) is 2. The lowest BCUT2D eigenvalue weighted by Gasteiger charge is -2.30. The molecular formula is C9H16N2O. The van der Waals surface area contributed by atoms with Crippen molar-refractivity contribution < 1.29 is 4.79 Å². The Balaban J connectivity index is 1.99. The fourth-order valence-corrected chi connectivity index (χ4v) is 2.22. The molecule has 0 aromatic heterocycles. The molecule has 0 aromatic carbocycles. The molecule has 68 valence electrons. The first-order valence-electron chi connectivity index (χ1n) is 4.86. The van der Waals surface area contributed by atoms with Crippen molar-refractivity contribution in [2.45, 2.75) is 31.7 Å². The molecule has 2 N–H and O–H groups in total. The molecule has 3 heteroatoms. The predicted molar refractivity (Wildman–Crippen MR) is 46.8 cm³/mol. The molecule has 2 heterocycles. The largest absolute Gasteiger partial charge is 0.352 e. The molecule has 3 nitrogen and oxygen atoms in total. The van der Waals surface area contributed by atoms with Crippen molar-refractivity contribution in [2.24, 2.45) is 5.92 Å². The summed E-state index contributed by atoms with van der Waals surface area (Å²) in [5, 5.41) is 6.41. The summed E-state index contributed by atoms with van der Waals surface area (Å²) in [5.41, 5.74) is 0. The van der Waals surface area contributed by atoms with Gasteiger partial charge in [-0.25, -0.2) is 0 Å². The van der Waals surface area contributed by atoms with Crippen LogP contribution >= 0.6 is 0 Å². The van der Waals surface area contributed by atoms with Crippen molar-refractivity contribution in [2.75, 3.05) is 13.1 Å². The smallest absolute Gasteiger partial charge is 0.220 e. The van der Waals surface area contributed by atoms with E-state index in [4.69, 9.17) is 0 Å². The summed E-state index contributed by atoms with van der Waals surface area (Å²) < 4.78 is 0. The standard InChI is InChI=1S/C9H16N2O/c12-9-4-3-7-2-1-5-10-6-8(7)11-9/h7-8,10H,1-6H2,(H,11,12)/t7-,8+/m0/s1. The zero-order valence-corrected chi connectivity index (χ0v) is 7.31. The van der Waals surface area contributed by atoms with E-state index in [1.54, 1.807) is 0 Å². The van der Waals surface area contributed by atoms with E-state index in [1.807, 2.05) is 0 Å². The van der Waals surface area contributed by atoms with Gasteiger partial charge in [0, 0.05) is 19.0 Å². The fraction of sp³-hybridized carbons (Fsp3) is 0.889. The van der Waals surface area contributed by atoms with Crippen LogP contribution in [-0.4, -0.2) is 25.0 Å². The molecule has 2 aliphatic heterocycles. The maximum absolute atomic E-state index is 11.1. The Morgan fingerprint density at radius 1 is 1.33 bits per heavy atom. The summed E-state index contributed by atoms with van der Waals surface area (Å²) in [6, 6.07) is 0.411. The highest BCUT2D eigenvalue weighted by atomic mass is 16.1. The minimum atomic E-state index is 0.236. The van der Waals surface area contributed by atoms with E-state index in [1.165, 1.54) is 12.8 Å². The van der Waals surface area contributed by atoms with Crippen LogP contribution in [0.2, 0.25) is 0 Å². The second kappa shape index (κ2) is 3.44. The second-order valence-corrected chi connectivity index (χ2v) is 3.82. The summed E-state index contributed by atoms with van der Waals surface area (Å²) >= 11 is 0. The first kappa shape index (κ1) is 8.05. The maximum Gasteiger partial charge on any atom is 0.220 e. The number of hydrogen-bond donors (Lipinski definition) is 2. The van der Waals surface area contributed by atoms with Gasteiger partial charge in [0.15, 0.2) is 0 Å². The maximum atomic E-state index is 11.1. The lowest BCUT2D eigenvalue weighted by molar-refractivity contribution is -0.124. The predicted octanol–water partition coefficient (Wildman–Crippen LogP) is 0.265. The van der Waals surface area contributed by atoms with Crippen molar-refractivity contribution in [3.63, 3.8) is 0 Å². The topological polar surface area (TPSA) is 41.1 Å². The Morgan fingerprint density at radius 3 is 3.17 bits per heavy atom. The van der Waals surface area contributed by atoms with E-state index < -0.39 is 0 Å². The molecule has 0 aromatic rings. The molecule has 0 radical (unpaired) electrons. The van der Waals surface area contributed by atoms with Crippen LogP contribution < -0.4 is 10.6 Å². The average molecular weight is 168 g/mol. The summed E-state index contributed by atoms with van der Waals surface area (Å²) in [5.74, 6) is 0.970. The molecule has 0 saturated carbocycles. The second-order valence-electron chi connectivity index (χ2n) is 3.82. The van der Waals surface area contributed by atoms with Crippen molar-refractivity contribution in [1.29, 1.82) is 0 Å². The third-order valence-electron chi connectivity index (χ3n) is 2.95. The molecule has 2 rings (SSSR count).